The van der Waals surface area contributed by atoms with Crippen molar-refractivity contribution in [1.29, 1.82) is 0 Å². The van der Waals surface area contributed by atoms with E-state index in [2.05, 4.69) is 9.55 Å². The Morgan fingerprint density at radius 2 is 2.00 bits per heavy atom. The van der Waals surface area contributed by atoms with Crippen LogP contribution in [0.15, 0.2) is 42.7 Å². The number of benzene rings is 1. The van der Waals surface area contributed by atoms with Gasteiger partial charge < -0.3 is 14.4 Å². The number of ether oxygens (including phenoxy) is 1. The van der Waals surface area contributed by atoms with Gasteiger partial charge in [0.05, 0.1) is 13.5 Å². The van der Waals surface area contributed by atoms with Crippen LogP contribution in [0.5, 0.6) is 0 Å². The molecule has 2 heterocycles. The molecule has 1 aromatic carbocycles. The highest BCUT2D eigenvalue weighted by atomic mass is 16.5. The summed E-state index contributed by atoms with van der Waals surface area (Å²) >= 11 is 0. The van der Waals surface area contributed by atoms with Crippen LogP contribution in [0.2, 0.25) is 0 Å². The first-order valence-corrected chi connectivity index (χ1v) is 9.28. The van der Waals surface area contributed by atoms with E-state index in [1.807, 2.05) is 43.5 Å². The zero-order valence-electron chi connectivity index (χ0n) is 16.1. The number of rotatable bonds is 8. The summed E-state index contributed by atoms with van der Waals surface area (Å²) in [7, 11) is 1.39. The monoisotopic (exact) mass is 380 g/mol. The number of hydrogen-bond donors (Lipinski definition) is 1. The first-order valence-electron chi connectivity index (χ1n) is 9.28. The van der Waals surface area contributed by atoms with Crippen LogP contribution < -0.4 is 0 Å². The van der Waals surface area contributed by atoms with Crippen molar-refractivity contribution in [3.05, 3.63) is 65.1 Å². The minimum absolute atomic E-state index is 0.0812. The Hall–Kier alpha value is -3.15. The molecule has 3 aromatic rings. The van der Waals surface area contributed by atoms with Crippen molar-refractivity contribution in [1.82, 2.24) is 9.55 Å². The van der Waals surface area contributed by atoms with Gasteiger partial charge in [0.25, 0.3) is 0 Å². The Bertz CT molecular complexity index is 993. The van der Waals surface area contributed by atoms with E-state index >= 15 is 0 Å². The van der Waals surface area contributed by atoms with E-state index in [9.17, 15) is 9.59 Å². The van der Waals surface area contributed by atoms with Gasteiger partial charge in [0.1, 0.15) is 0 Å². The molecule has 0 bridgehead atoms. The van der Waals surface area contributed by atoms with Gasteiger partial charge in [0, 0.05) is 48.4 Å². The molecule has 6 nitrogen and oxygen atoms in total. The number of methoxy groups -OCH3 is 1. The first kappa shape index (κ1) is 19.6. The topological polar surface area (TPSA) is 81.4 Å². The number of hydrogen-bond acceptors (Lipinski definition) is 4. The van der Waals surface area contributed by atoms with E-state index in [1.54, 1.807) is 6.20 Å². The lowest BCUT2D eigenvalue weighted by atomic mass is 9.97. The predicted octanol–water partition coefficient (Wildman–Crippen LogP) is 3.52. The number of carbonyl (C=O) groups excluding carboxylic acids is 1. The van der Waals surface area contributed by atoms with Crippen LogP contribution in [0.4, 0.5) is 0 Å². The lowest BCUT2D eigenvalue weighted by Gasteiger charge is -2.08. The van der Waals surface area contributed by atoms with E-state index in [4.69, 9.17) is 9.84 Å². The Kier molecular flexibility index (Phi) is 6.09. The molecule has 2 aromatic heterocycles. The number of aryl methyl sites for hydroxylation is 2. The summed E-state index contributed by atoms with van der Waals surface area (Å²) in [4.78, 5) is 27.0. The number of nitrogens with zero attached hydrogens (tertiary/aromatic N) is 2. The number of carbonyl (C=O) groups is 2. The second-order valence-electron chi connectivity index (χ2n) is 6.78. The zero-order chi connectivity index (χ0) is 20.1. The molecular weight excluding hydrogens is 356 g/mol. The largest absolute Gasteiger partial charge is 0.481 e. The summed E-state index contributed by atoms with van der Waals surface area (Å²) in [6, 6.07) is 9.90. The fraction of sp³-hybridized carbons (Fsp3) is 0.318. The number of fused-ring (bicyclic) bond motifs is 1. The van der Waals surface area contributed by atoms with E-state index in [1.165, 1.54) is 7.11 Å². The average molecular weight is 380 g/mol. The normalized spacial score (nSPS) is 10.9. The molecule has 0 fully saturated rings. The maximum atomic E-state index is 11.7. The molecule has 0 aliphatic heterocycles. The van der Waals surface area contributed by atoms with E-state index in [0.717, 1.165) is 33.3 Å². The minimum Gasteiger partial charge on any atom is -0.481 e. The highest BCUT2D eigenvalue weighted by Crippen LogP contribution is 2.32. The van der Waals surface area contributed by atoms with Gasteiger partial charge in [-0.05, 0) is 42.2 Å². The van der Waals surface area contributed by atoms with Crippen molar-refractivity contribution in [2.45, 2.75) is 39.2 Å². The van der Waals surface area contributed by atoms with Crippen LogP contribution in [0, 0.1) is 6.92 Å². The van der Waals surface area contributed by atoms with Gasteiger partial charge in [-0.25, -0.2) is 0 Å². The lowest BCUT2D eigenvalue weighted by molar-refractivity contribution is -0.141. The first-order chi connectivity index (χ1) is 13.5. The van der Waals surface area contributed by atoms with E-state index < -0.39 is 5.97 Å². The van der Waals surface area contributed by atoms with E-state index in [-0.39, 0.29) is 18.8 Å². The van der Waals surface area contributed by atoms with Gasteiger partial charge >= 0.3 is 11.9 Å². The maximum Gasteiger partial charge on any atom is 0.307 e. The Morgan fingerprint density at radius 1 is 1.18 bits per heavy atom. The number of aromatic nitrogens is 2. The molecule has 28 heavy (non-hydrogen) atoms. The van der Waals surface area contributed by atoms with Gasteiger partial charge in [0.15, 0.2) is 0 Å². The van der Waals surface area contributed by atoms with Gasteiger partial charge in [-0.15, -0.1) is 0 Å². The van der Waals surface area contributed by atoms with Gasteiger partial charge in [-0.3, -0.25) is 14.6 Å². The molecule has 146 valence electrons. The van der Waals surface area contributed by atoms with Gasteiger partial charge in [-0.2, -0.15) is 0 Å². The number of esters is 1. The number of pyridine rings is 1. The highest BCUT2D eigenvalue weighted by molar-refractivity contribution is 5.89. The number of aliphatic carboxylic acids is 1. The van der Waals surface area contributed by atoms with Crippen LogP contribution in [-0.4, -0.2) is 33.7 Å². The molecular formula is C22H24N2O4. The molecule has 3 rings (SSSR count). The van der Waals surface area contributed by atoms with Crippen LogP contribution in [0.3, 0.4) is 0 Å². The summed E-state index contributed by atoms with van der Waals surface area (Å²) in [5.74, 6) is -1.07. The third kappa shape index (κ3) is 4.22. The van der Waals surface area contributed by atoms with Crippen molar-refractivity contribution >= 4 is 22.8 Å². The Balaban J connectivity index is 2.10. The van der Waals surface area contributed by atoms with Crippen LogP contribution in [0.25, 0.3) is 10.9 Å². The highest BCUT2D eigenvalue weighted by Gasteiger charge is 2.18. The molecule has 0 atom stereocenters. The molecule has 0 radical (unpaired) electrons. The Labute approximate surface area is 163 Å². The third-order valence-corrected chi connectivity index (χ3v) is 5.04. The third-order valence-electron chi connectivity index (χ3n) is 5.04. The lowest BCUT2D eigenvalue weighted by Crippen LogP contribution is -2.08. The quantitative estimate of drug-likeness (QED) is 0.605. The van der Waals surface area contributed by atoms with Crippen LogP contribution in [-0.2, 0) is 33.7 Å². The number of carboxylic acid groups (broad SMARTS) is 1. The summed E-state index contributed by atoms with van der Waals surface area (Å²) < 4.78 is 6.92. The molecule has 0 unspecified atom stereocenters. The van der Waals surface area contributed by atoms with Crippen molar-refractivity contribution in [3.63, 3.8) is 0 Å². The zero-order valence-corrected chi connectivity index (χ0v) is 16.1. The Morgan fingerprint density at radius 3 is 2.68 bits per heavy atom. The van der Waals surface area contributed by atoms with Gasteiger partial charge in [0.2, 0.25) is 0 Å². The van der Waals surface area contributed by atoms with Crippen molar-refractivity contribution in [3.8, 4) is 0 Å². The predicted molar refractivity (Wildman–Crippen MR) is 106 cm³/mol. The molecule has 0 saturated carbocycles. The summed E-state index contributed by atoms with van der Waals surface area (Å²) in [5.41, 5.74) is 5.34. The van der Waals surface area contributed by atoms with Gasteiger partial charge in [-0.1, -0.05) is 18.2 Å². The second-order valence-corrected chi connectivity index (χ2v) is 6.78. The van der Waals surface area contributed by atoms with E-state index in [0.29, 0.717) is 19.4 Å². The fourth-order valence-electron chi connectivity index (χ4n) is 3.65. The smallest absolute Gasteiger partial charge is 0.307 e. The summed E-state index contributed by atoms with van der Waals surface area (Å²) in [6.45, 7) is 2.56. The van der Waals surface area contributed by atoms with Crippen LogP contribution >= 0.6 is 0 Å². The summed E-state index contributed by atoms with van der Waals surface area (Å²) in [6.07, 6.45) is 5.12. The molecule has 0 saturated heterocycles. The van der Waals surface area contributed by atoms with Crippen molar-refractivity contribution < 1.29 is 19.4 Å². The standard InChI is InChI=1S/C22H24N2O4/c1-15-18(13-16-5-4-11-23-14-16)22-17(8-9-20(25)26)6-3-7-19(22)24(15)12-10-21(27)28-2/h3-7,11,14H,8-10,12-13H2,1-2H3,(H,25,26). The average Bonchev–Trinajstić information content (AvgIpc) is 2.97. The molecule has 6 heteroatoms. The molecule has 0 spiro atoms. The minimum atomic E-state index is -0.812. The van der Waals surface area contributed by atoms with Crippen LogP contribution in [0.1, 0.15) is 35.2 Å². The maximum absolute atomic E-state index is 11.7. The second kappa shape index (κ2) is 8.69. The molecule has 0 aliphatic carbocycles. The summed E-state index contributed by atoms with van der Waals surface area (Å²) in [5, 5.41) is 10.2. The fourth-order valence-corrected chi connectivity index (χ4v) is 3.65. The molecule has 0 aliphatic rings. The number of carboxylic acids is 1. The SMILES string of the molecule is COC(=O)CCn1c(C)c(Cc2cccnc2)c2c(CCC(=O)O)cccc21. The van der Waals surface area contributed by atoms with Crippen molar-refractivity contribution in [2.75, 3.05) is 7.11 Å². The van der Waals surface area contributed by atoms with Crippen molar-refractivity contribution in [2.24, 2.45) is 0 Å². The molecule has 0 amide bonds. The molecule has 1 N–H and O–H groups in total.